The van der Waals surface area contributed by atoms with Crippen LogP contribution >= 0.6 is 23.2 Å². The fraction of sp³-hybridized carbons (Fsp3) is 0.189. The molecule has 9 rings (SSSR count). The van der Waals surface area contributed by atoms with Crippen molar-refractivity contribution < 1.29 is 14.3 Å². The van der Waals surface area contributed by atoms with Crippen LogP contribution in [0.5, 0.6) is 11.5 Å². The Labute approximate surface area is 409 Å². The quantitative estimate of drug-likeness (QED) is 0.0725. The Balaban J connectivity index is 0.000000192. The molecule has 1 fully saturated rings. The van der Waals surface area contributed by atoms with Crippen LogP contribution in [0.3, 0.4) is 0 Å². The minimum Gasteiger partial charge on any atom is -0.486 e. The third-order valence-electron chi connectivity index (χ3n) is 11.5. The van der Waals surface area contributed by atoms with Gasteiger partial charge in [-0.25, -0.2) is 4.79 Å². The minimum absolute atomic E-state index is 0.198. The van der Waals surface area contributed by atoms with E-state index in [1.807, 2.05) is 86.6 Å². The molecule has 8 aromatic rings. The molecule has 4 heterocycles. The lowest BCUT2D eigenvalue weighted by molar-refractivity contribution is 0.244. The zero-order valence-electron chi connectivity index (χ0n) is 37.8. The third kappa shape index (κ3) is 11.9. The molecule has 0 radical (unpaired) electrons. The van der Waals surface area contributed by atoms with Gasteiger partial charge >= 0.3 is 6.03 Å². The number of aryl methyl sites for hydroxylation is 2. The molecule has 16 heteroatoms. The zero-order chi connectivity index (χ0) is 48.3. The van der Waals surface area contributed by atoms with Crippen LogP contribution in [-0.4, -0.2) is 32.0 Å². The second-order valence-corrected chi connectivity index (χ2v) is 17.2. The van der Waals surface area contributed by atoms with Crippen molar-refractivity contribution in [1.29, 1.82) is 10.5 Å². The van der Waals surface area contributed by atoms with E-state index in [1.54, 1.807) is 49.1 Å². The highest BCUT2D eigenvalue weighted by Crippen LogP contribution is 2.37. The summed E-state index contributed by atoms with van der Waals surface area (Å²) >= 11 is 12.9. The standard InChI is InChI=1S/C30H29ClN6O2.C23H18ClN5O/c1-19-13-27-24(15-26(19)37-30(38)36-21-7-3-2-4-8-21)29(20(16-32)17-34-27)35-22-10-11-28(25(31)14-22)39-18-23-9-5-6-12-33-23;1-14-8-21-18(10-20(14)26)23(15(11-25)12-28-21)29-16-5-6-22(19(24)9-16)30-13-17-4-2-3-7-27-17/h5-6,9-15,17,21H,2-4,7-8,18H2,1H3,(H,34,35)(H2,36,37,38);2-10,12H,13,26H2,1H3,(H,28,29). The second kappa shape index (κ2) is 22.1. The molecule has 346 valence electrons. The van der Waals surface area contributed by atoms with Crippen LogP contribution in [0.1, 0.15) is 65.7 Å². The number of fused-ring (bicyclic) bond motifs is 2. The summed E-state index contributed by atoms with van der Waals surface area (Å²) < 4.78 is 11.6. The SMILES string of the molecule is Cc1cc2ncc(C#N)c(Nc3ccc(OCc4ccccn4)c(Cl)c3)c2cc1N.Cc1cc2ncc(C#N)c(Nc3ccc(OCc4ccccn4)c(Cl)c3)c2cc1NC(=O)NC1CCCCC1. The summed E-state index contributed by atoms with van der Waals surface area (Å²) in [5.41, 5.74) is 15.6. The van der Waals surface area contributed by atoms with Gasteiger partial charge in [0.25, 0.3) is 0 Å². The highest BCUT2D eigenvalue weighted by Gasteiger charge is 2.19. The molecular weight excluding hydrogens is 910 g/mol. The van der Waals surface area contributed by atoms with Gasteiger partial charge in [-0.3, -0.25) is 19.9 Å². The monoisotopic (exact) mass is 955 g/mol. The maximum Gasteiger partial charge on any atom is 0.319 e. The zero-order valence-corrected chi connectivity index (χ0v) is 39.3. The smallest absolute Gasteiger partial charge is 0.319 e. The summed E-state index contributed by atoms with van der Waals surface area (Å²) in [7, 11) is 0. The number of halogens is 2. The number of nitrogen functional groups attached to an aromatic ring is 1. The van der Waals surface area contributed by atoms with Gasteiger partial charge in [-0.2, -0.15) is 10.5 Å². The lowest BCUT2D eigenvalue weighted by atomic mass is 9.96. The number of carbonyl (C=O) groups is 1. The molecule has 69 heavy (non-hydrogen) atoms. The molecule has 1 aliphatic carbocycles. The van der Waals surface area contributed by atoms with Crippen molar-refractivity contribution in [2.75, 3.05) is 21.7 Å². The number of nitrogens with two attached hydrogens (primary N) is 1. The number of urea groups is 1. The van der Waals surface area contributed by atoms with Gasteiger partial charge in [0.15, 0.2) is 0 Å². The largest absolute Gasteiger partial charge is 0.486 e. The minimum atomic E-state index is -0.226. The van der Waals surface area contributed by atoms with E-state index in [9.17, 15) is 15.3 Å². The molecule has 2 amide bonds. The van der Waals surface area contributed by atoms with E-state index < -0.39 is 0 Å². The Morgan fingerprint density at radius 2 is 1.20 bits per heavy atom. The Morgan fingerprint density at radius 3 is 1.70 bits per heavy atom. The summed E-state index contributed by atoms with van der Waals surface area (Å²) in [6.45, 7) is 4.46. The van der Waals surface area contributed by atoms with E-state index in [0.29, 0.717) is 90.9 Å². The van der Waals surface area contributed by atoms with E-state index in [4.69, 9.17) is 38.4 Å². The van der Waals surface area contributed by atoms with Gasteiger partial charge in [-0.05, 0) is 123 Å². The number of nitrogens with zero attached hydrogens (tertiary/aromatic N) is 6. The Morgan fingerprint density at radius 1 is 0.681 bits per heavy atom. The predicted molar refractivity (Wildman–Crippen MR) is 272 cm³/mol. The molecule has 1 aliphatic rings. The number of ether oxygens (including phenoxy) is 2. The maximum atomic E-state index is 12.7. The average molecular weight is 957 g/mol. The number of nitriles is 2. The second-order valence-electron chi connectivity index (χ2n) is 16.4. The molecule has 0 unspecified atom stereocenters. The van der Waals surface area contributed by atoms with Gasteiger partial charge in [0.05, 0.1) is 55.0 Å². The van der Waals surface area contributed by atoms with Crippen LogP contribution in [0.25, 0.3) is 21.8 Å². The lowest BCUT2D eigenvalue weighted by Gasteiger charge is -2.23. The first kappa shape index (κ1) is 47.3. The molecule has 4 aromatic carbocycles. The van der Waals surface area contributed by atoms with E-state index in [1.165, 1.54) is 6.42 Å². The van der Waals surface area contributed by atoms with E-state index in [2.05, 4.69) is 53.3 Å². The van der Waals surface area contributed by atoms with Gasteiger partial charge in [0.2, 0.25) is 0 Å². The van der Waals surface area contributed by atoms with Crippen molar-refractivity contribution in [2.24, 2.45) is 0 Å². The Hall–Kier alpha value is -8.17. The van der Waals surface area contributed by atoms with Gasteiger partial charge in [0.1, 0.15) is 36.9 Å². The van der Waals surface area contributed by atoms with Gasteiger partial charge < -0.3 is 36.5 Å². The van der Waals surface area contributed by atoms with Gasteiger partial charge in [-0.15, -0.1) is 0 Å². The molecular formula is C53H47Cl2N11O3. The number of carbonyl (C=O) groups excluding carboxylic acids is 1. The normalized spacial score (nSPS) is 12.2. The Kier molecular flexibility index (Phi) is 15.1. The number of nitrogens with one attached hydrogen (secondary N) is 4. The summed E-state index contributed by atoms with van der Waals surface area (Å²) in [4.78, 5) is 30.1. The maximum absolute atomic E-state index is 12.7. The number of benzene rings is 4. The summed E-state index contributed by atoms with van der Waals surface area (Å²) in [5, 5.41) is 34.4. The van der Waals surface area contributed by atoms with Crippen molar-refractivity contribution in [3.05, 3.63) is 166 Å². The van der Waals surface area contributed by atoms with Crippen molar-refractivity contribution in [3.8, 4) is 23.6 Å². The lowest BCUT2D eigenvalue weighted by Crippen LogP contribution is -2.39. The fourth-order valence-corrected chi connectivity index (χ4v) is 8.29. The molecule has 1 saturated carbocycles. The first-order valence-corrected chi connectivity index (χ1v) is 23.0. The highest BCUT2D eigenvalue weighted by molar-refractivity contribution is 6.32. The first-order chi connectivity index (χ1) is 33.5. The number of pyridine rings is 4. The van der Waals surface area contributed by atoms with E-state index >= 15 is 0 Å². The van der Waals surface area contributed by atoms with Crippen LogP contribution in [0.2, 0.25) is 10.0 Å². The van der Waals surface area contributed by atoms with Crippen LogP contribution in [0.4, 0.5) is 38.9 Å². The molecule has 6 N–H and O–H groups in total. The van der Waals surface area contributed by atoms with Gasteiger partial charge in [0, 0.05) is 64.4 Å². The summed E-state index contributed by atoms with van der Waals surface area (Å²) in [6, 6.07) is 33.8. The van der Waals surface area contributed by atoms with Crippen LogP contribution in [-0.2, 0) is 13.2 Å². The molecule has 0 aliphatic heterocycles. The average Bonchev–Trinajstić information content (AvgIpc) is 3.35. The van der Waals surface area contributed by atoms with Gasteiger partial charge in [-0.1, -0.05) is 54.6 Å². The predicted octanol–water partition coefficient (Wildman–Crippen LogP) is 12.6. The molecule has 0 bridgehead atoms. The van der Waals surface area contributed by atoms with E-state index in [-0.39, 0.29) is 12.1 Å². The van der Waals surface area contributed by atoms with E-state index in [0.717, 1.165) is 59.1 Å². The number of hydrogen-bond donors (Lipinski definition) is 5. The number of rotatable bonds is 12. The van der Waals surface area contributed by atoms with Crippen LogP contribution < -0.4 is 36.5 Å². The molecule has 14 nitrogen and oxygen atoms in total. The first-order valence-electron chi connectivity index (χ1n) is 22.2. The topological polar surface area (TPSA) is 209 Å². The van der Waals surface area contributed by atoms with Crippen molar-refractivity contribution in [1.82, 2.24) is 25.3 Å². The molecule has 0 saturated heterocycles. The molecule has 0 atom stereocenters. The number of anilines is 6. The number of hydrogen-bond acceptors (Lipinski definition) is 12. The summed E-state index contributed by atoms with van der Waals surface area (Å²) in [5.74, 6) is 1.08. The highest BCUT2D eigenvalue weighted by atomic mass is 35.5. The van der Waals surface area contributed by atoms with Crippen LogP contribution in [0, 0.1) is 36.5 Å². The Bertz CT molecular complexity index is 3230. The van der Waals surface area contributed by atoms with Crippen LogP contribution in [0.15, 0.2) is 122 Å². The third-order valence-corrected chi connectivity index (χ3v) is 12.1. The molecule has 0 spiro atoms. The number of amides is 2. The summed E-state index contributed by atoms with van der Waals surface area (Å²) in [6.07, 6.45) is 12.0. The van der Waals surface area contributed by atoms with Crippen molar-refractivity contribution in [2.45, 2.75) is 65.2 Å². The van der Waals surface area contributed by atoms with Crippen molar-refractivity contribution in [3.63, 3.8) is 0 Å². The fourth-order valence-electron chi connectivity index (χ4n) is 7.82. The molecule has 4 aromatic heterocycles. The van der Waals surface area contributed by atoms with Crippen molar-refractivity contribution >= 4 is 85.2 Å². The number of aromatic nitrogens is 4.